The summed E-state index contributed by atoms with van der Waals surface area (Å²) in [5.74, 6) is 0.938. The molecule has 1 fully saturated rings. The maximum Gasteiger partial charge on any atom is 0.138 e. The molecule has 0 spiro atoms. The van der Waals surface area contributed by atoms with Gasteiger partial charge in [-0.1, -0.05) is 36.4 Å². The summed E-state index contributed by atoms with van der Waals surface area (Å²) in [5.41, 5.74) is 4.52. The average molecular weight is 278 g/mol. The standard InChI is InChI=1S/C17H18N4/c1-2-5-13(6-3-1)17-19-14-7-4-8-15(16(14)20-17)21-11-9-18-10-12-21/h1-8,18H,9-12H2,(H,19,20). The fraction of sp³-hybridized carbons (Fsp3) is 0.235. The second-order valence-corrected chi connectivity index (χ2v) is 5.36. The molecule has 0 unspecified atom stereocenters. The second-order valence-electron chi connectivity index (χ2n) is 5.36. The normalized spacial score (nSPS) is 15.5. The van der Waals surface area contributed by atoms with Crippen LogP contribution in [-0.2, 0) is 0 Å². The summed E-state index contributed by atoms with van der Waals surface area (Å²) in [6, 6.07) is 16.7. The first kappa shape index (κ1) is 12.4. The minimum absolute atomic E-state index is 0.938. The molecule has 1 aliphatic rings. The van der Waals surface area contributed by atoms with E-state index in [0.717, 1.165) is 48.6 Å². The van der Waals surface area contributed by atoms with Gasteiger partial charge < -0.3 is 15.2 Å². The van der Waals surface area contributed by atoms with Crippen molar-refractivity contribution in [1.82, 2.24) is 15.3 Å². The van der Waals surface area contributed by atoms with E-state index >= 15 is 0 Å². The number of rotatable bonds is 2. The predicted molar refractivity (Wildman–Crippen MR) is 86.6 cm³/mol. The van der Waals surface area contributed by atoms with E-state index < -0.39 is 0 Å². The van der Waals surface area contributed by atoms with Crippen molar-refractivity contribution in [2.45, 2.75) is 0 Å². The Kier molecular flexibility index (Phi) is 3.09. The molecule has 4 nitrogen and oxygen atoms in total. The van der Waals surface area contributed by atoms with E-state index in [9.17, 15) is 0 Å². The lowest BCUT2D eigenvalue weighted by Crippen LogP contribution is -2.43. The van der Waals surface area contributed by atoms with E-state index in [1.807, 2.05) is 18.2 Å². The highest BCUT2D eigenvalue weighted by atomic mass is 15.2. The lowest BCUT2D eigenvalue weighted by atomic mass is 10.2. The Morgan fingerprint density at radius 1 is 0.905 bits per heavy atom. The summed E-state index contributed by atoms with van der Waals surface area (Å²) in [4.78, 5) is 10.7. The molecule has 0 saturated carbocycles. The Hall–Kier alpha value is -2.33. The number of para-hydroxylation sites is 1. The van der Waals surface area contributed by atoms with Crippen LogP contribution in [0.2, 0.25) is 0 Å². The number of H-pyrrole nitrogens is 1. The number of nitrogens with one attached hydrogen (secondary N) is 2. The molecule has 0 aliphatic carbocycles. The van der Waals surface area contributed by atoms with E-state index in [-0.39, 0.29) is 0 Å². The predicted octanol–water partition coefficient (Wildman–Crippen LogP) is 2.64. The molecule has 0 amide bonds. The van der Waals surface area contributed by atoms with Gasteiger partial charge in [-0.2, -0.15) is 0 Å². The molecule has 1 saturated heterocycles. The van der Waals surface area contributed by atoms with Gasteiger partial charge in [-0.25, -0.2) is 4.98 Å². The highest BCUT2D eigenvalue weighted by molar-refractivity contribution is 5.91. The molecule has 2 aromatic carbocycles. The Labute approximate surface area is 123 Å². The van der Waals surface area contributed by atoms with Gasteiger partial charge in [0.05, 0.1) is 11.2 Å². The number of aromatic nitrogens is 2. The Morgan fingerprint density at radius 3 is 2.52 bits per heavy atom. The van der Waals surface area contributed by atoms with Crippen molar-refractivity contribution in [2.75, 3.05) is 31.1 Å². The van der Waals surface area contributed by atoms with Gasteiger partial charge in [0.15, 0.2) is 0 Å². The maximum absolute atomic E-state index is 4.84. The molecule has 0 radical (unpaired) electrons. The SMILES string of the molecule is c1ccc(-c2nc3c(N4CCNCC4)cccc3[nH]2)cc1. The molecule has 3 aromatic rings. The van der Waals surface area contributed by atoms with Gasteiger partial charge in [0.2, 0.25) is 0 Å². The third kappa shape index (κ3) is 2.28. The zero-order valence-corrected chi connectivity index (χ0v) is 11.8. The van der Waals surface area contributed by atoms with E-state index in [1.165, 1.54) is 5.69 Å². The molecule has 2 heterocycles. The van der Waals surface area contributed by atoms with Crippen LogP contribution >= 0.6 is 0 Å². The molecule has 2 N–H and O–H groups in total. The highest BCUT2D eigenvalue weighted by Gasteiger charge is 2.15. The van der Waals surface area contributed by atoms with Gasteiger partial charge in [-0.05, 0) is 12.1 Å². The molecule has 1 aliphatic heterocycles. The zero-order valence-electron chi connectivity index (χ0n) is 11.8. The van der Waals surface area contributed by atoms with Crippen LogP contribution in [0, 0.1) is 0 Å². The summed E-state index contributed by atoms with van der Waals surface area (Å²) in [5, 5.41) is 3.39. The Balaban J connectivity index is 1.80. The summed E-state index contributed by atoms with van der Waals surface area (Å²) in [6.07, 6.45) is 0. The molecule has 106 valence electrons. The van der Waals surface area contributed by atoms with Crippen LogP contribution in [0.1, 0.15) is 0 Å². The number of hydrogen-bond donors (Lipinski definition) is 2. The van der Waals surface area contributed by atoms with Crippen LogP contribution in [-0.4, -0.2) is 36.1 Å². The van der Waals surface area contributed by atoms with Gasteiger partial charge in [-0.3, -0.25) is 0 Å². The van der Waals surface area contributed by atoms with Gasteiger partial charge in [0, 0.05) is 31.7 Å². The first-order chi connectivity index (χ1) is 10.4. The van der Waals surface area contributed by atoms with E-state index in [4.69, 9.17) is 4.98 Å². The number of hydrogen-bond acceptors (Lipinski definition) is 3. The minimum Gasteiger partial charge on any atom is -0.367 e. The lowest BCUT2D eigenvalue weighted by molar-refractivity contribution is 0.590. The van der Waals surface area contributed by atoms with Crippen LogP contribution in [0.3, 0.4) is 0 Å². The smallest absolute Gasteiger partial charge is 0.138 e. The van der Waals surface area contributed by atoms with Crippen molar-refractivity contribution >= 4 is 16.7 Å². The quantitative estimate of drug-likeness (QED) is 0.757. The summed E-state index contributed by atoms with van der Waals surface area (Å²) in [7, 11) is 0. The first-order valence-electron chi connectivity index (χ1n) is 7.42. The molecule has 4 heteroatoms. The zero-order chi connectivity index (χ0) is 14.1. The molecule has 4 rings (SSSR count). The van der Waals surface area contributed by atoms with Crippen LogP contribution in [0.5, 0.6) is 0 Å². The van der Waals surface area contributed by atoms with Crippen LogP contribution in [0.15, 0.2) is 48.5 Å². The molecule has 1 aromatic heterocycles. The number of nitrogens with zero attached hydrogens (tertiary/aromatic N) is 2. The van der Waals surface area contributed by atoms with Gasteiger partial charge in [0.25, 0.3) is 0 Å². The average Bonchev–Trinajstić information content (AvgIpc) is 3.00. The molecular weight excluding hydrogens is 260 g/mol. The molecular formula is C17H18N4. The van der Waals surface area contributed by atoms with E-state index in [1.54, 1.807) is 0 Å². The number of fused-ring (bicyclic) bond motifs is 1. The molecule has 0 atom stereocenters. The fourth-order valence-corrected chi connectivity index (χ4v) is 2.91. The van der Waals surface area contributed by atoms with Gasteiger partial charge in [-0.15, -0.1) is 0 Å². The minimum atomic E-state index is 0.938. The number of anilines is 1. The monoisotopic (exact) mass is 278 g/mol. The summed E-state index contributed by atoms with van der Waals surface area (Å²) >= 11 is 0. The van der Waals surface area contributed by atoms with Gasteiger partial charge >= 0.3 is 0 Å². The lowest BCUT2D eigenvalue weighted by Gasteiger charge is -2.29. The Morgan fingerprint density at radius 2 is 1.71 bits per heavy atom. The molecule has 21 heavy (non-hydrogen) atoms. The number of aromatic amines is 1. The largest absolute Gasteiger partial charge is 0.367 e. The van der Waals surface area contributed by atoms with E-state index in [0.29, 0.717) is 0 Å². The van der Waals surface area contributed by atoms with Crippen molar-refractivity contribution in [3.63, 3.8) is 0 Å². The van der Waals surface area contributed by atoms with Crippen LogP contribution in [0.4, 0.5) is 5.69 Å². The fourth-order valence-electron chi connectivity index (χ4n) is 2.91. The Bertz CT molecular complexity index is 742. The summed E-state index contributed by atoms with van der Waals surface area (Å²) < 4.78 is 0. The number of piperazine rings is 1. The highest BCUT2D eigenvalue weighted by Crippen LogP contribution is 2.28. The van der Waals surface area contributed by atoms with Gasteiger partial charge in [0.1, 0.15) is 11.3 Å². The summed E-state index contributed by atoms with van der Waals surface area (Å²) in [6.45, 7) is 4.14. The maximum atomic E-state index is 4.84. The third-order valence-electron chi connectivity index (χ3n) is 4.00. The van der Waals surface area contributed by atoms with Crippen molar-refractivity contribution in [1.29, 1.82) is 0 Å². The van der Waals surface area contributed by atoms with Crippen molar-refractivity contribution in [3.05, 3.63) is 48.5 Å². The first-order valence-corrected chi connectivity index (χ1v) is 7.42. The van der Waals surface area contributed by atoms with E-state index in [2.05, 4.69) is 45.5 Å². The third-order valence-corrected chi connectivity index (χ3v) is 4.00. The number of benzene rings is 2. The molecule has 0 bridgehead atoms. The van der Waals surface area contributed by atoms with Crippen LogP contribution < -0.4 is 10.2 Å². The van der Waals surface area contributed by atoms with Crippen molar-refractivity contribution in [3.8, 4) is 11.4 Å². The second kappa shape index (κ2) is 5.22. The number of imidazole rings is 1. The topological polar surface area (TPSA) is 44.0 Å². The van der Waals surface area contributed by atoms with Crippen molar-refractivity contribution < 1.29 is 0 Å². The van der Waals surface area contributed by atoms with Crippen molar-refractivity contribution in [2.24, 2.45) is 0 Å². The van der Waals surface area contributed by atoms with Crippen LogP contribution in [0.25, 0.3) is 22.4 Å².